The molecule has 10 nitrogen and oxygen atoms in total. The predicted octanol–water partition coefficient (Wildman–Crippen LogP) is 4.19. The molecule has 156 valence electrons. The topological polar surface area (TPSA) is 129 Å². The number of halogens is 1. The van der Waals surface area contributed by atoms with Crippen LogP contribution in [0.25, 0.3) is 16.9 Å². The zero-order valence-corrected chi connectivity index (χ0v) is 18.7. The van der Waals surface area contributed by atoms with Gasteiger partial charge in [-0.1, -0.05) is 27.7 Å². The number of nitro benzene ring substituents is 1. The fraction of sp³-hybridized carbons (Fsp3) is 0.0556. The predicted molar refractivity (Wildman–Crippen MR) is 120 cm³/mol. The SMILES string of the molecule is O=C(CSc1nnnn1-c1ccc(Br)cc1)Nc1nc(-c2ccc([N+](=O)[O-])cc2)cs1. The van der Waals surface area contributed by atoms with Crippen molar-refractivity contribution in [1.29, 1.82) is 0 Å². The summed E-state index contributed by atoms with van der Waals surface area (Å²) in [5.41, 5.74) is 2.14. The average molecular weight is 518 g/mol. The second kappa shape index (κ2) is 9.32. The van der Waals surface area contributed by atoms with Crippen molar-refractivity contribution < 1.29 is 9.72 Å². The van der Waals surface area contributed by atoms with Gasteiger partial charge in [0.15, 0.2) is 5.13 Å². The molecule has 0 bridgehead atoms. The van der Waals surface area contributed by atoms with Gasteiger partial charge < -0.3 is 5.32 Å². The van der Waals surface area contributed by atoms with E-state index in [9.17, 15) is 14.9 Å². The molecule has 0 radical (unpaired) electrons. The molecule has 0 spiro atoms. The Morgan fingerprint density at radius 2 is 1.94 bits per heavy atom. The molecule has 0 aliphatic heterocycles. The average Bonchev–Trinajstić information content (AvgIpc) is 3.42. The van der Waals surface area contributed by atoms with E-state index in [1.54, 1.807) is 22.2 Å². The standard InChI is InChI=1S/C18H12BrN7O3S2/c19-12-3-7-13(8-4-12)25-18(22-23-24-25)31-10-16(27)21-17-20-15(9-30-17)11-1-5-14(6-2-11)26(28)29/h1-9H,10H2,(H,20,21,27). The van der Waals surface area contributed by atoms with Gasteiger partial charge in [0.25, 0.3) is 5.69 Å². The minimum atomic E-state index is -0.457. The largest absolute Gasteiger partial charge is 0.301 e. The molecule has 4 rings (SSSR count). The number of carbonyl (C=O) groups excluding carboxylic acids is 1. The highest BCUT2D eigenvalue weighted by Gasteiger charge is 2.14. The number of nitrogens with one attached hydrogen (secondary N) is 1. The van der Waals surface area contributed by atoms with Crippen LogP contribution in [0.3, 0.4) is 0 Å². The lowest BCUT2D eigenvalue weighted by Gasteiger charge is -2.04. The number of amides is 1. The van der Waals surface area contributed by atoms with Crippen molar-refractivity contribution in [3.63, 3.8) is 0 Å². The van der Waals surface area contributed by atoms with Crippen molar-refractivity contribution in [2.24, 2.45) is 0 Å². The Hall–Kier alpha value is -3.16. The number of nitro groups is 1. The van der Waals surface area contributed by atoms with Crippen molar-refractivity contribution in [2.45, 2.75) is 5.16 Å². The maximum absolute atomic E-state index is 12.3. The minimum absolute atomic E-state index is 0.00927. The lowest BCUT2D eigenvalue weighted by Crippen LogP contribution is -2.14. The first-order chi connectivity index (χ1) is 15.0. The highest BCUT2D eigenvalue weighted by atomic mass is 79.9. The molecule has 2 aromatic carbocycles. The zero-order chi connectivity index (χ0) is 21.8. The van der Waals surface area contributed by atoms with E-state index in [0.29, 0.717) is 16.0 Å². The van der Waals surface area contributed by atoms with Crippen molar-refractivity contribution in [2.75, 3.05) is 11.1 Å². The van der Waals surface area contributed by atoms with E-state index < -0.39 is 4.92 Å². The number of rotatable bonds is 7. The van der Waals surface area contributed by atoms with Crippen LogP contribution in [-0.2, 0) is 4.79 Å². The Balaban J connectivity index is 1.37. The summed E-state index contributed by atoms with van der Waals surface area (Å²) < 4.78 is 2.50. The number of hydrogen-bond acceptors (Lipinski definition) is 9. The normalized spacial score (nSPS) is 10.7. The van der Waals surface area contributed by atoms with Gasteiger partial charge in [-0.05, 0) is 46.8 Å². The van der Waals surface area contributed by atoms with Crippen LogP contribution in [0.5, 0.6) is 0 Å². The molecule has 2 heterocycles. The van der Waals surface area contributed by atoms with Gasteiger partial charge in [-0.15, -0.1) is 16.4 Å². The molecule has 0 unspecified atom stereocenters. The quantitative estimate of drug-likeness (QED) is 0.219. The summed E-state index contributed by atoms with van der Waals surface area (Å²) in [6, 6.07) is 13.6. The summed E-state index contributed by atoms with van der Waals surface area (Å²) in [7, 11) is 0. The number of thiazole rings is 1. The van der Waals surface area contributed by atoms with E-state index in [1.165, 1.54) is 35.2 Å². The van der Waals surface area contributed by atoms with Gasteiger partial charge in [-0.2, -0.15) is 4.68 Å². The number of benzene rings is 2. The molecule has 31 heavy (non-hydrogen) atoms. The summed E-state index contributed by atoms with van der Waals surface area (Å²) in [5, 5.41) is 27.8. The molecule has 0 saturated carbocycles. The number of thioether (sulfide) groups is 1. The van der Waals surface area contributed by atoms with E-state index in [-0.39, 0.29) is 17.3 Å². The number of aromatic nitrogens is 5. The summed E-state index contributed by atoms with van der Waals surface area (Å²) in [6.45, 7) is 0. The molecule has 0 fully saturated rings. The van der Waals surface area contributed by atoms with Gasteiger partial charge >= 0.3 is 0 Å². The molecule has 0 aliphatic rings. The van der Waals surface area contributed by atoms with Crippen molar-refractivity contribution in [3.8, 4) is 16.9 Å². The van der Waals surface area contributed by atoms with Gasteiger partial charge in [-0.3, -0.25) is 14.9 Å². The van der Waals surface area contributed by atoms with Crippen LogP contribution in [0.2, 0.25) is 0 Å². The highest BCUT2D eigenvalue weighted by molar-refractivity contribution is 9.10. The van der Waals surface area contributed by atoms with E-state index in [4.69, 9.17) is 0 Å². The van der Waals surface area contributed by atoms with Gasteiger partial charge in [-0.25, -0.2) is 4.98 Å². The van der Waals surface area contributed by atoms with Gasteiger partial charge in [0.1, 0.15) is 0 Å². The Kier molecular flexibility index (Phi) is 6.34. The molecule has 1 N–H and O–H groups in total. The number of nitrogens with zero attached hydrogens (tertiary/aromatic N) is 6. The Bertz CT molecular complexity index is 1230. The first-order valence-electron chi connectivity index (χ1n) is 8.67. The molecule has 0 aliphatic carbocycles. The minimum Gasteiger partial charge on any atom is -0.301 e. The van der Waals surface area contributed by atoms with E-state index in [1.807, 2.05) is 24.3 Å². The summed E-state index contributed by atoms with van der Waals surface area (Å²) in [5.74, 6) is -0.149. The third kappa shape index (κ3) is 5.13. The monoisotopic (exact) mass is 517 g/mol. The maximum Gasteiger partial charge on any atom is 0.269 e. The lowest BCUT2D eigenvalue weighted by molar-refractivity contribution is -0.384. The van der Waals surface area contributed by atoms with Crippen LogP contribution >= 0.6 is 39.0 Å². The third-order valence-corrected chi connectivity index (χ3v) is 6.17. The molecule has 4 aromatic rings. The maximum atomic E-state index is 12.3. The lowest BCUT2D eigenvalue weighted by atomic mass is 10.1. The number of anilines is 1. The molecular formula is C18H12BrN7O3S2. The van der Waals surface area contributed by atoms with E-state index in [2.05, 4.69) is 41.8 Å². The second-order valence-corrected chi connectivity index (χ2v) is 8.74. The number of carbonyl (C=O) groups is 1. The first kappa shape index (κ1) is 21.1. The Labute approximate surface area is 192 Å². The number of hydrogen-bond donors (Lipinski definition) is 1. The zero-order valence-electron chi connectivity index (χ0n) is 15.5. The van der Waals surface area contributed by atoms with Crippen LogP contribution in [0.1, 0.15) is 0 Å². The molecule has 1 amide bonds. The van der Waals surface area contributed by atoms with Crippen molar-refractivity contribution in [3.05, 3.63) is 68.5 Å². The van der Waals surface area contributed by atoms with Crippen LogP contribution in [0, 0.1) is 10.1 Å². The van der Waals surface area contributed by atoms with E-state index in [0.717, 1.165) is 15.7 Å². The second-order valence-electron chi connectivity index (χ2n) is 6.03. The summed E-state index contributed by atoms with van der Waals surface area (Å²) in [6.07, 6.45) is 0. The molecule has 2 aromatic heterocycles. The van der Waals surface area contributed by atoms with Gasteiger partial charge in [0.2, 0.25) is 11.1 Å². The summed E-state index contributed by atoms with van der Waals surface area (Å²) in [4.78, 5) is 27.0. The van der Waals surface area contributed by atoms with Crippen molar-refractivity contribution in [1.82, 2.24) is 25.2 Å². The first-order valence-corrected chi connectivity index (χ1v) is 11.3. The fourth-order valence-electron chi connectivity index (χ4n) is 2.52. The Morgan fingerprint density at radius 1 is 1.19 bits per heavy atom. The smallest absolute Gasteiger partial charge is 0.269 e. The molecule has 0 atom stereocenters. The molecule has 0 saturated heterocycles. The van der Waals surface area contributed by atoms with Crippen LogP contribution in [0.15, 0.2) is 63.5 Å². The van der Waals surface area contributed by atoms with Crippen molar-refractivity contribution >= 4 is 55.8 Å². The van der Waals surface area contributed by atoms with Crippen LogP contribution in [0.4, 0.5) is 10.8 Å². The Morgan fingerprint density at radius 3 is 2.65 bits per heavy atom. The highest BCUT2D eigenvalue weighted by Crippen LogP contribution is 2.27. The van der Waals surface area contributed by atoms with E-state index >= 15 is 0 Å². The van der Waals surface area contributed by atoms with Crippen LogP contribution in [-0.4, -0.2) is 41.8 Å². The molecular weight excluding hydrogens is 506 g/mol. The molecule has 13 heteroatoms. The summed E-state index contributed by atoms with van der Waals surface area (Å²) >= 11 is 5.86. The number of non-ortho nitro benzene ring substituents is 1. The number of tetrazole rings is 1. The van der Waals surface area contributed by atoms with Gasteiger partial charge in [0, 0.05) is 27.5 Å². The van der Waals surface area contributed by atoms with Crippen LogP contribution < -0.4 is 5.32 Å². The fourth-order valence-corrected chi connectivity index (χ4v) is 4.21. The third-order valence-electron chi connectivity index (χ3n) is 3.97. The van der Waals surface area contributed by atoms with Gasteiger partial charge in [0.05, 0.1) is 22.1 Å².